The van der Waals surface area contributed by atoms with Crippen LogP contribution in [0.15, 0.2) is 12.2 Å². The second-order valence-corrected chi connectivity index (χ2v) is 2.45. The lowest BCUT2D eigenvalue weighted by molar-refractivity contribution is 0.212. The van der Waals surface area contributed by atoms with E-state index in [0.717, 1.165) is 10.0 Å². The molecular weight excluding hydrogens is 188 g/mol. The van der Waals surface area contributed by atoms with Crippen LogP contribution in [0.1, 0.15) is 0 Å². The van der Waals surface area contributed by atoms with Gasteiger partial charge in [0.2, 0.25) is 0 Å². The fourth-order valence-electron chi connectivity index (χ4n) is 0.556. The molecule has 8 N–H and O–H groups in total. The molecule has 8 heteroatoms. The summed E-state index contributed by atoms with van der Waals surface area (Å²) in [4.78, 5) is 20.8. The minimum absolute atomic E-state index is 0.141. The quantitative estimate of drug-likeness (QED) is 0.182. The molecule has 0 aromatic carbocycles. The number of hydrogen-bond donors (Lipinski definition) is 4. The number of carbonyl (C=O) groups excluding carboxylic acids is 2. The van der Waals surface area contributed by atoms with E-state index in [9.17, 15) is 9.59 Å². The predicted molar refractivity (Wildman–Crippen MR) is 50.1 cm³/mol. The van der Waals surface area contributed by atoms with E-state index in [1.807, 2.05) is 0 Å². The minimum Gasteiger partial charge on any atom is -0.350 e. The standard InChI is InChI=1S/C6H14N6O2/c7-5(13)11(9)3-1-2-4-12(10)6(8)14/h1-2H,3-4,9-10H2,(H2,7,13)(H2,8,14)/b2-1+. The SMILES string of the molecule is NC(=O)N(N)C/C=C/CN(N)C(N)=O. The van der Waals surface area contributed by atoms with Crippen molar-refractivity contribution in [1.82, 2.24) is 10.0 Å². The molecule has 0 aliphatic rings. The topological polar surface area (TPSA) is 145 Å². The fraction of sp³-hybridized carbons (Fsp3) is 0.333. The lowest BCUT2D eigenvalue weighted by atomic mass is 10.4. The molecule has 4 amide bonds. The zero-order valence-electron chi connectivity index (χ0n) is 7.59. The van der Waals surface area contributed by atoms with Gasteiger partial charge in [0.15, 0.2) is 0 Å². The number of urea groups is 2. The van der Waals surface area contributed by atoms with E-state index in [0.29, 0.717) is 0 Å². The molecule has 0 saturated heterocycles. The fourth-order valence-corrected chi connectivity index (χ4v) is 0.556. The number of nitrogens with two attached hydrogens (primary N) is 4. The first-order valence-corrected chi connectivity index (χ1v) is 3.73. The Labute approximate surface area is 81.0 Å². The highest BCUT2D eigenvalue weighted by Crippen LogP contribution is 1.82. The number of carbonyl (C=O) groups is 2. The van der Waals surface area contributed by atoms with Crippen molar-refractivity contribution in [2.45, 2.75) is 0 Å². The van der Waals surface area contributed by atoms with Crippen LogP contribution in [0.5, 0.6) is 0 Å². The summed E-state index contributed by atoms with van der Waals surface area (Å²) >= 11 is 0. The third-order valence-corrected chi connectivity index (χ3v) is 1.34. The van der Waals surface area contributed by atoms with Crippen molar-refractivity contribution in [1.29, 1.82) is 0 Å². The molecule has 0 atom stereocenters. The summed E-state index contributed by atoms with van der Waals surface area (Å²) in [6.07, 6.45) is 3.07. The van der Waals surface area contributed by atoms with Crippen LogP contribution in [0.4, 0.5) is 9.59 Å². The average molecular weight is 202 g/mol. The summed E-state index contributed by atoms with van der Waals surface area (Å²) < 4.78 is 0. The van der Waals surface area contributed by atoms with Gasteiger partial charge in [0, 0.05) is 0 Å². The Morgan fingerprint density at radius 1 is 0.929 bits per heavy atom. The Hall–Kier alpha value is -1.80. The van der Waals surface area contributed by atoms with E-state index < -0.39 is 12.1 Å². The second-order valence-electron chi connectivity index (χ2n) is 2.45. The monoisotopic (exact) mass is 202 g/mol. The van der Waals surface area contributed by atoms with Gasteiger partial charge in [-0.2, -0.15) is 0 Å². The Morgan fingerprint density at radius 2 is 1.21 bits per heavy atom. The molecule has 0 aromatic heterocycles. The molecular formula is C6H14N6O2. The Bertz CT molecular complexity index is 216. The Balaban J connectivity index is 3.74. The highest BCUT2D eigenvalue weighted by Gasteiger charge is 2.01. The van der Waals surface area contributed by atoms with Gasteiger partial charge in [0.05, 0.1) is 13.1 Å². The lowest BCUT2D eigenvalue weighted by Gasteiger charge is -2.11. The summed E-state index contributed by atoms with van der Waals surface area (Å²) in [5.41, 5.74) is 9.69. The van der Waals surface area contributed by atoms with Crippen LogP contribution in [-0.4, -0.2) is 35.2 Å². The molecule has 0 saturated carbocycles. The van der Waals surface area contributed by atoms with Crippen LogP contribution in [-0.2, 0) is 0 Å². The van der Waals surface area contributed by atoms with Crippen LogP contribution in [0.3, 0.4) is 0 Å². The van der Waals surface area contributed by atoms with E-state index in [1.165, 1.54) is 12.2 Å². The smallest absolute Gasteiger partial charge is 0.329 e. The van der Waals surface area contributed by atoms with Crippen LogP contribution in [0, 0.1) is 0 Å². The van der Waals surface area contributed by atoms with E-state index in [-0.39, 0.29) is 13.1 Å². The third-order valence-electron chi connectivity index (χ3n) is 1.34. The van der Waals surface area contributed by atoms with E-state index in [2.05, 4.69) is 0 Å². The molecule has 0 spiro atoms. The first-order valence-electron chi connectivity index (χ1n) is 3.73. The highest BCUT2D eigenvalue weighted by atomic mass is 16.2. The number of nitrogens with zero attached hydrogens (tertiary/aromatic N) is 2. The van der Waals surface area contributed by atoms with Gasteiger partial charge in [-0.3, -0.25) is 10.0 Å². The van der Waals surface area contributed by atoms with Crippen molar-refractivity contribution in [3.8, 4) is 0 Å². The molecule has 14 heavy (non-hydrogen) atoms. The normalized spacial score (nSPS) is 10.1. The molecule has 0 unspecified atom stereocenters. The molecule has 80 valence electrons. The van der Waals surface area contributed by atoms with Crippen molar-refractivity contribution < 1.29 is 9.59 Å². The predicted octanol–water partition coefficient (Wildman–Crippen LogP) is -1.95. The number of primary amides is 2. The van der Waals surface area contributed by atoms with E-state index >= 15 is 0 Å². The zero-order valence-corrected chi connectivity index (χ0v) is 7.59. The van der Waals surface area contributed by atoms with Crippen LogP contribution in [0.2, 0.25) is 0 Å². The molecule has 0 aromatic rings. The van der Waals surface area contributed by atoms with Gasteiger partial charge in [-0.1, -0.05) is 12.2 Å². The van der Waals surface area contributed by atoms with Crippen molar-refractivity contribution in [3.63, 3.8) is 0 Å². The first kappa shape index (κ1) is 12.2. The number of rotatable bonds is 4. The highest BCUT2D eigenvalue weighted by molar-refractivity contribution is 5.71. The van der Waals surface area contributed by atoms with Gasteiger partial charge in [-0.15, -0.1) is 0 Å². The number of hydrogen-bond acceptors (Lipinski definition) is 4. The van der Waals surface area contributed by atoms with Crippen molar-refractivity contribution >= 4 is 12.1 Å². The molecule has 0 rings (SSSR count). The van der Waals surface area contributed by atoms with Gasteiger partial charge in [0.25, 0.3) is 0 Å². The van der Waals surface area contributed by atoms with Crippen LogP contribution < -0.4 is 23.2 Å². The maximum atomic E-state index is 10.4. The average Bonchev–Trinajstić information content (AvgIpc) is 2.11. The maximum Gasteiger partial charge on any atom is 0.329 e. The first-order chi connectivity index (χ1) is 6.45. The van der Waals surface area contributed by atoms with E-state index in [4.69, 9.17) is 23.2 Å². The van der Waals surface area contributed by atoms with Crippen molar-refractivity contribution in [2.75, 3.05) is 13.1 Å². The van der Waals surface area contributed by atoms with Crippen molar-refractivity contribution in [3.05, 3.63) is 12.2 Å². The molecule has 0 bridgehead atoms. The summed E-state index contributed by atoms with van der Waals surface area (Å²) in [6.45, 7) is 0.282. The molecule has 0 heterocycles. The Kier molecular flexibility index (Phi) is 5.04. The van der Waals surface area contributed by atoms with Crippen LogP contribution >= 0.6 is 0 Å². The summed E-state index contributed by atoms with van der Waals surface area (Å²) in [5.74, 6) is 10.3. The van der Waals surface area contributed by atoms with Crippen molar-refractivity contribution in [2.24, 2.45) is 23.2 Å². The summed E-state index contributed by atoms with van der Waals surface area (Å²) in [6, 6.07) is -1.48. The molecule has 0 radical (unpaired) electrons. The maximum absolute atomic E-state index is 10.4. The van der Waals surface area contributed by atoms with Gasteiger partial charge in [-0.25, -0.2) is 21.3 Å². The second kappa shape index (κ2) is 5.78. The summed E-state index contributed by atoms with van der Waals surface area (Å²) in [7, 11) is 0. The number of hydrazine groups is 2. The van der Waals surface area contributed by atoms with Gasteiger partial charge < -0.3 is 11.5 Å². The van der Waals surface area contributed by atoms with Gasteiger partial charge in [0.1, 0.15) is 0 Å². The third kappa shape index (κ3) is 4.95. The minimum atomic E-state index is -0.742. The molecule has 8 nitrogen and oxygen atoms in total. The Morgan fingerprint density at radius 3 is 1.43 bits per heavy atom. The number of amides is 4. The van der Waals surface area contributed by atoms with Gasteiger partial charge >= 0.3 is 12.1 Å². The molecule has 0 fully saturated rings. The summed E-state index contributed by atoms with van der Waals surface area (Å²) in [5, 5.41) is 1.61. The lowest BCUT2D eigenvalue weighted by Crippen LogP contribution is -2.42. The van der Waals surface area contributed by atoms with Crippen LogP contribution in [0.25, 0.3) is 0 Å². The molecule has 0 aliphatic carbocycles. The van der Waals surface area contributed by atoms with Gasteiger partial charge in [-0.05, 0) is 0 Å². The zero-order chi connectivity index (χ0) is 11.1. The molecule has 0 aliphatic heterocycles. The largest absolute Gasteiger partial charge is 0.350 e. The van der Waals surface area contributed by atoms with E-state index in [1.54, 1.807) is 0 Å².